The molecule has 0 aliphatic rings. The minimum Gasteiger partial charge on any atom is -0.496 e. The number of aromatic nitrogens is 5. The van der Waals surface area contributed by atoms with Crippen molar-refractivity contribution in [3.63, 3.8) is 0 Å². The third kappa shape index (κ3) is 2.64. The highest BCUT2D eigenvalue weighted by molar-refractivity contribution is 6.11. The molecule has 1 amide bonds. The maximum Gasteiger partial charge on any atom is 0.269 e. The van der Waals surface area contributed by atoms with Crippen LogP contribution < -0.4 is 15.8 Å². The molecule has 0 unspecified atom stereocenters. The van der Waals surface area contributed by atoms with Crippen molar-refractivity contribution >= 4 is 39.2 Å². The maximum atomic E-state index is 12.0. The van der Waals surface area contributed by atoms with Gasteiger partial charge < -0.3 is 15.8 Å². The number of H-pyrrole nitrogens is 1. The molecule has 0 bridgehead atoms. The van der Waals surface area contributed by atoms with E-state index in [4.69, 9.17) is 10.5 Å². The van der Waals surface area contributed by atoms with E-state index < -0.39 is 5.91 Å². The smallest absolute Gasteiger partial charge is 0.269 e. The molecule has 3 heterocycles. The Kier molecular flexibility index (Phi) is 3.91. The van der Waals surface area contributed by atoms with Crippen LogP contribution in [0, 0.1) is 0 Å². The molecule has 4 aromatic rings. The van der Waals surface area contributed by atoms with E-state index in [1.807, 2.05) is 32.0 Å². The largest absolute Gasteiger partial charge is 0.496 e. The van der Waals surface area contributed by atoms with Gasteiger partial charge in [-0.1, -0.05) is 6.07 Å². The summed E-state index contributed by atoms with van der Waals surface area (Å²) in [5.74, 6) is 0.671. The molecule has 9 nitrogen and oxygen atoms in total. The van der Waals surface area contributed by atoms with Gasteiger partial charge >= 0.3 is 0 Å². The van der Waals surface area contributed by atoms with Gasteiger partial charge in [-0.05, 0) is 26.0 Å². The third-order valence-electron chi connectivity index (χ3n) is 4.37. The van der Waals surface area contributed by atoms with Crippen LogP contribution in [0.2, 0.25) is 0 Å². The predicted molar refractivity (Wildman–Crippen MR) is 102 cm³/mol. The van der Waals surface area contributed by atoms with E-state index in [9.17, 15) is 4.79 Å². The number of rotatable bonds is 5. The first kappa shape index (κ1) is 16.8. The van der Waals surface area contributed by atoms with Crippen molar-refractivity contribution in [1.82, 2.24) is 25.0 Å². The number of pyridine rings is 1. The molecule has 0 spiro atoms. The Bertz CT molecular complexity index is 1160. The molecule has 0 aliphatic heterocycles. The quantitative estimate of drug-likeness (QED) is 0.499. The number of benzene rings is 1. The van der Waals surface area contributed by atoms with E-state index in [1.54, 1.807) is 24.2 Å². The van der Waals surface area contributed by atoms with Crippen LogP contribution >= 0.6 is 0 Å². The van der Waals surface area contributed by atoms with Gasteiger partial charge in [0.15, 0.2) is 5.82 Å². The molecular formula is C18H19N7O2. The van der Waals surface area contributed by atoms with Crippen LogP contribution in [0.15, 0.2) is 30.6 Å². The van der Waals surface area contributed by atoms with Gasteiger partial charge in [-0.2, -0.15) is 10.2 Å². The number of carbonyl (C=O) groups excluding carboxylic acids is 1. The number of fused-ring (bicyclic) bond motifs is 3. The Labute approximate surface area is 154 Å². The number of aromatic amines is 1. The van der Waals surface area contributed by atoms with Crippen molar-refractivity contribution < 1.29 is 9.53 Å². The normalized spacial score (nSPS) is 11.4. The van der Waals surface area contributed by atoms with Gasteiger partial charge in [-0.3, -0.25) is 14.6 Å². The lowest BCUT2D eigenvalue weighted by Crippen LogP contribution is -2.20. The Balaban J connectivity index is 1.91. The van der Waals surface area contributed by atoms with Crippen LogP contribution in [0.5, 0.6) is 5.75 Å². The molecule has 9 heteroatoms. The lowest BCUT2D eigenvalue weighted by atomic mass is 10.1. The number of amides is 1. The number of hydrogen-bond acceptors (Lipinski definition) is 6. The molecule has 0 saturated heterocycles. The number of nitrogens with zero attached hydrogens (tertiary/aromatic N) is 4. The number of primary amides is 1. The van der Waals surface area contributed by atoms with E-state index in [0.717, 1.165) is 16.3 Å². The summed E-state index contributed by atoms with van der Waals surface area (Å²) in [6.07, 6.45) is 3.29. The second kappa shape index (κ2) is 6.27. The maximum absolute atomic E-state index is 12.0. The predicted octanol–water partition coefficient (Wildman–Crippen LogP) is 2.74. The average Bonchev–Trinajstić information content (AvgIpc) is 3.28. The van der Waals surface area contributed by atoms with Crippen molar-refractivity contribution in [3.8, 4) is 5.75 Å². The van der Waals surface area contributed by atoms with Gasteiger partial charge in [-0.15, -0.1) is 0 Å². The molecule has 27 heavy (non-hydrogen) atoms. The Hall–Kier alpha value is -3.62. The summed E-state index contributed by atoms with van der Waals surface area (Å²) < 4.78 is 7.05. The van der Waals surface area contributed by atoms with Crippen LogP contribution in [0.3, 0.4) is 0 Å². The lowest BCUT2D eigenvalue weighted by molar-refractivity contribution is 0.0989. The lowest BCUT2D eigenvalue weighted by Gasteiger charge is -2.12. The Morgan fingerprint density at radius 2 is 2.15 bits per heavy atom. The molecule has 1 aromatic carbocycles. The minimum absolute atomic E-state index is 0.0101. The number of nitrogens with one attached hydrogen (secondary N) is 2. The second-order valence-corrected chi connectivity index (χ2v) is 6.41. The van der Waals surface area contributed by atoms with Crippen LogP contribution in [-0.4, -0.2) is 38.0 Å². The molecular weight excluding hydrogens is 346 g/mol. The van der Waals surface area contributed by atoms with E-state index in [1.165, 1.54) is 0 Å². The van der Waals surface area contributed by atoms with Crippen molar-refractivity contribution in [2.24, 2.45) is 5.73 Å². The molecule has 0 saturated carbocycles. The van der Waals surface area contributed by atoms with Gasteiger partial charge in [0, 0.05) is 11.4 Å². The first-order chi connectivity index (χ1) is 13.0. The minimum atomic E-state index is -0.563. The zero-order valence-corrected chi connectivity index (χ0v) is 15.1. The molecule has 4 rings (SSSR count). The standard InChI is InChI=1S/C18H19N7O2/c1-9(2)25-16(17(19)26)12(8-21-25)23-18-15-10(7-20-24-15)14-11(22-18)5-4-6-13(14)27-3/h4-9H,1-3H3,(H2,19,26)(H,20,24)(H,22,23). The van der Waals surface area contributed by atoms with Crippen molar-refractivity contribution in [2.45, 2.75) is 19.9 Å². The fraction of sp³-hybridized carbons (Fsp3) is 0.222. The zero-order chi connectivity index (χ0) is 19.1. The zero-order valence-electron chi connectivity index (χ0n) is 15.1. The fourth-order valence-corrected chi connectivity index (χ4v) is 3.19. The van der Waals surface area contributed by atoms with E-state index in [2.05, 4.69) is 25.6 Å². The summed E-state index contributed by atoms with van der Waals surface area (Å²) in [5.41, 5.74) is 7.79. The SMILES string of the molecule is COc1cccc2nc(Nc3cnn(C(C)C)c3C(N)=O)c3[nH]ncc3c12. The monoisotopic (exact) mass is 365 g/mol. The van der Waals surface area contributed by atoms with Gasteiger partial charge in [0.05, 0.1) is 36.1 Å². The number of methoxy groups -OCH3 is 1. The summed E-state index contributed by atoms with van der Waals surface area (Å²) in [6.45, 7) is 3.85. The first-order valence-electron chi connectivity index (χ1n) is 8.45. The Morgan fingerprint density at radius 1 is 1.33 bits per heavy atom. The summed E-state index contributed by atoms with van der Waals surface area (Å²) in [5, 5.41) is 16.3. The highest BCUT2D eigenvalue weighted by atomic mass is 16.5. The topological polar surface area (TPSA) is 124 Å². The second-order valence-electron chi connectivity index (χ2n) is 6.41. The van der Waals surface area contributed by atoms with E-state index in [-0.39, 0.29) is 6.04 Å². The first-order valence-corrected chi connectivity index (χ1v) is 8.45. The molecule has 0 atom stereocenters. The molecule has 3 aromatic heterocycles. The average molecular weight is 365 g/mol. The number of ether oxygens (including phenoxy) is 1. The summed E-state index contributed by atoms with van der Waals surface area (Å²) in [6, 6.07) is 5.63. The molecule has 4 N–H and O–H groups in total. The van der Waals surface area contributed by atoms with Gasteiger partial charge in [-0.25, -0.2) is 4.98 Å². The fourth-order valence-electron chi connectivity index (χ4n) is 3.19. The third-order valence-corrected chi connectivity index (χ3v) is 4.37. The number of nitrogens with two attached hydrogens (primary N) is 1. The van der Waals surface area contributed by atoms with Gasteiger partial charge in [0.1, 0.15) is 17.0 Å². The van der Waals surface area contributed by atoms with E-state index in [0.29, 0.717) is 28.5 Å². The summed E-state index contributed by atoms with van der Waals surface area (Å²) >= 11 is 0. The van der Waals surface area contributed by atoms with Gasteiger partial charge in [0.2, 0.25) is 0 Å². The van der Waals surface area contributed by atoms with Crippen LogP contribution in [0.25, 0.3) is 21.8 Å². The van der Waals surface area contributed by atoms with Crippen molar-refractivity contribution in [1.29, 1.82) is 0 Å². The van der Waals surface area contributed by atoms with Crippen LogP contribution in [0.4, 0.5) is 11.5 Å². The molecule has 0 radical (unpaired) electrons. The molecule has 138 valence electrons. The van der Waals surface area contributed by atoms with Crippen molar-refractivity contribution in [3.05, 3.63) is 36.3 Å². The highest BCUT2D eigenvalue weighted by Gasteiger charge is 2.20. The van der Waals surface area contributed by atoms with Crippen molar-refractivity contribution in [2.75, 3.05) is 12.4 Å². The number of carbonyl (C=O) groups is 1. The molecule has 0 fully saturated rings. The number of hydrogen-bond donors (Lipinski definition) is 3. The summed E-state index contributed by atoms with van der Waals surface area (Å²) in [7, 11) is 1.62. The van der Waals surface area contributed by atoms with Gasteiger partial charge in [0.25, 0.3) is 5.91 Å². The Morgan fingerprint density at radius 3 is 2.85 bits per heavy atom. The highest BCUT2D eigenvalue weighted by Crippen LogP contribution is 2.35. The number of anilines is 2. The van der Waals surface area contributed by atoms with Crippen LogP contribution in [0.1, 0.15) is 30.4 Å². The summed E-state index contributed by atoms with van der Waals surface area (Å²) in [4.78, 5) is 16.7. The van der Waals surface area contributed by atoms with E-state index >= 15 is 0 Å². The van der Waals surface area contributed by atoms with Crippen LogP contribution in [-0.2, 0) is 0 Å². The molecule has 0 aliphatic carbocycles.